The number of nitrogen functional groups attached to an aromatic ring is 1. The largest absolute Gasteiger partial charge is 0.375 e. The molecule has 0 bridgehead atoms. The molecule has 2 aromatic heterocycles. The van der Waals surface area contributed by atoms with Crippen molar-refractivity contribution in [2.75, 3.05) is 5.73 Å². The van der Waals surface area contributed by atoms with E-state index >= 15 is 0 Å². The Morgan fingerprint density at radius 1 is 1.56 bits per heavy atom. The molecule has 92 valence electrons. The molecule has 5 heteroatoms. The third-order valence-corrected chi connectivity index (χ3v) is 3.99. The Bertz CT molecular complexity index is 593. The maximum Gasteiger partial charge on any atom is 0.180 e. The van der Waals surface area contributed by atoms with E-state index in [9.17, 15) is 4.79 Å². The van der Waals surface area contributed by atoms with Crippen LogP contribution in [0, 0.1) is 0 Å². The maximum absolute atomic E-state index is 12.3. The fourth-order valence-electron chi connectivity index (χ4n) is 2.43. The number of thiazole rings is 1. The lowest BCUT2D eigenvalue weighted by Crippen LogP contribution is -2.13. The third-order valence-electron chi connectivity index (χ3n) is 3.27. The van der Waals surface area contributed by atoms with Crippen molar-refractivity contribution in [3.05, 3.63) is 40.7 Å². The van der Waals surface area contributed by atoms with E-state index in [0.29, 0.717) is 11.6 Å². The zero-order chi connectivity index (χ0) is 12.5. The summed E-state index contributed by atoms with van der Waals surface area (Å²) < 4.78 is 0. The average molecular weight is 259 g/mol. The molecule has 4 nitrogen and oxygen atoms in total. The van der Waals surface area contributed by atoms with Crippen LogP contribution in [0.25, 0.3) is 0 Å². The molecule has 0 saturated carbocycles. The van der Waals surface area contributed by atoms with Gasteiger partial charge in [0.1, 0.15) is 5.78 Å². The molecule has 2 heterocycles. The summed E-state index contributed by atoms with van der Waals surface area (Å²) >= 11 is 1.37. The van der Waals surface area contributed by atoms with Crippen LogP contribution in [0.5, 0.6) is 0 Å². The van der Waals surface area contributed by atoms with Crippen molar-refractivity contribution in [2.45, 2.75) is 25.2 Å². The van der Waals surface area contributed by atoms with Crippen LogP contribution >= 0.6 is 11.3 Å². The van der Waals surface area contributed by atoms with E-state index in [0.717, 1.165) is 24.2 Å². The Labute approximate surface area is 109 Å². The fourth-order valence-corrected chi connectivity index (χ4v) is 2.99. The van der Waals surface area contributed by atoms with Crippen LogP contribution in [0.15, 0.2) is 23.7 Å². The second kappa shape index (κ2) is 4.49. The summed E-state index contributed by atoms with van der Waals surface area (Å²) in [5.41, 5.74) is 8.49. The highest BCUT2D eigenvalue weighted by Crippen LogP contribution is 2.32. The van der Waals surface area contributed by atoms with Crippen LogP contribution in [0.2, 0.25) is 0 Å². The molecule has 0 spiro atoms. The number of fused-ring (bicyclic) bond motifs is 1. The molecule has 18 heavy (non-hydrogen) atoms. The van der Waals surface area contributed by atoms with E-state index in [4.69, 9.17) is 5.73 Å². The van der Waals surface area contributed by atoms with Crippen LogP contribution in [-0.4, -0.2) is 15.8 Å². The van der Waals surface area contributed by atoms with Crippen molar-refractivity contribution in [1.82, 2.24) is 9.97 Å². The molecule has 1 atom stereocenters. The van der Waals surface area contributed by atoms with Gasteiger partial charge in [0.2, 0.25) is 0 Å². The number of nitrogens with two attached hydrogens (primary N) is 1. The van der Waals surface area contributed by atoms with Gasteiger partial charge < -0.3 is 5.73 Å². The fraction of sp³-hybridized carbons (Fsp3) is 0.308. The summed E-state index contributed by atoms with van der Waals surface area (Å²) in [4.78, 5) is 20.7. The number of pyridine rings is 1. The summed E-state index contributed by atoms with van der Waals surface area (Å²) in [5, 5.41) is 2.37. The Balaban J connectivity index is 1.78. The summed E-state index contributed by atoms with van der Waals surface area (Å²) in [6.45, 7) is 0. The lowest BCUT2D eigenvalue weighted by molar-refractivity contribution is -0.119. The second-order valence-electron chi connectivity index (χ2n) is 4.46. The highest BCUT2D eigenvalue weighted by molar-refractivity contribution is 7.13. The minimum absolute atomic E-state index is 0.0656. The topological polar surface area (TPSA) is 68.9 Å². The summed E-state index contributed by atoms with van der Waals surface area (Å²) in [6, 6.07) is 3.98. The first-order valence-corrected chi connectivity index (χ1v) is 6.78. The van der Waals surface area contributed by atoms with Crippen LogP contribution in [0.4, 0.5) is 5.13 Å². The number of carbonyl (C=O) groups is 1. The molecule has 2 aromatic rings. The Morgan fingerprint density at radius 3 is 3.22 bits per heavy atom. The van der Waals surface area contributed by atoms with E-state index in [1.807, 2.05) is 11.4 Å². The third kappa shape index (κ3) is 2.01. The quantitative estimate of drug-likeness (QED) is 0.914. The van der Waals surface area contributed by atoms with E-state index < -0.39 is 0 Å². The number of nitrogens with zero attached hydrogens (tertiary/aromatic N) is 2. The van der Waals surface area contributed by atoms with Crippen molar-refractivity contribution >= 4 is 22.3 Å². The minimum atomic E-state index is -0.0656. The van der Waals surface area contributed by atoms with Gasteiger partial charge in [0, 0.05) is 11.6 Å². The van der Waals surface area contributed by atoms with E-state index in [-0.39, 0.29) is 11.7 Å². The van der Waals surface area contributed by atoms with Gasteiger partial charge >= 0.3 is 0 Å². The molecule has 0 saturated heterocycles. The Morgan fingerprint density at radius 2 is 2.44 bits per heavy atom. The maximum atomic E-state index is 12.3. The number of Topliss-reactive ketones (excluding diaryl/α,β-unsaturated/α-hetero) is 1. The molecule has 1 aliphatic carbocycles. The molecule has 0 radical (unpaired) electrons. The summed E-state index contributed by atoms with van der Waals surface area (Å²) in [7, 11) is 0. The number of aromatic nitrogens is 2. The molecule has 1 unspecified atom stereocenters. The number of anilines is 1. The van der Waals surface area contributed by atoms with Gasteiger partial charge in [0.15, 0.2) is 5.13 Å². The molecule has 0 amide bonds. The normalized spacial score (nSPS) is 17.7. The minimum Gasteiger partial charge on any atom is -0.375 e. The monoisotopic (exact) mass is 259 g/mol. The van der Waals surface area contributed by atoms with Crippen LogP contribution in [0.1, 0.15) is 29.3 Å². The number of ketones is 1. The molecule has 0 aliphatic heterocycles. The van der Waals surface area contributed by atoms with Crippen LogP contribution < -0.4 is 5.73 Å². The lowest BCUT2D eigenvalue weighted by Gasteiger charge is -2.08. The molecule has 2 N–H and O–H groups in total. The van der Waals surface area contributed by atoms with Crippen molar-refractivity contribution < 1.29 is 4.79 Å². The predicted octanol–water partition coefficient (Wildman–Crippen LogP) is 1.96. The summed E-state index contributed by atoms with van der Waals surface area (Å²) in [5.74, 6) is 0.127. The zero-order valence-electron chi connectivity index (χ0n) is 9.80. The van der Waals surface area contributed by atoms with Gasteiger partial charge in [-0.25, -0.2) is 4.98 Å². The molecular weight excluding hydrogens is 246 g/mol. The van der Waals surface area contributed by atoms with Gasteiger partial charge in [-0.15, -0.1) is 11.3 Å². The number of hydrogen-bond acceptors (Lipinski definition) is 5. The van der Waals surface area contributed by atoms with E-state index in [1.165, 1.54) is 16.9 Å². The van der Waals surface area contributed by atoms with Gasteiger partial charge in [-0.1, -0.05) is 6.07 Å². The van der Waals surface area contributed by atoms with Crippen LogP contribution in [0.3, 0.4) is 0 Å². The molecule has 1 aliphatic rings. The molecule has 0 aromatic carbocycles. The van der Waals surface area contributed by atoms with Crippen LogP contribution in [-0.2, 0) is 17.6 Å². The van der Waals surface area contributed by atoms with Gasteiger partial charge in [-0.05, 0) is 24.5 Å². The first-order chi connectivity index (χ1) is 8.74. The molecule has 0 fully saturated rings. The van der Waals surface area contributed by atoms with Crippen molar-refractivity contribution in [3.8, 4) is 0 Å². The van der Waals surface area contributed by atoms with E-state index in [1.54, 1.807) is 6.20 Å². The number of aryl methyl sites for hydroxylation is 1. The van der Waals surface area contributed by atoms with Gasteiger partial charge in [-0.2, -0.15) is 0 Å². The highest BCUT2D eigenvalue weighted by Gasteiger charge is 2.29. The first kappa shape index (κ1) is 11.3. The predicted molar refractivity (Wildman–Crippen MR) is 70.5 cm³/mol. The van der Waals surface area contributed by atoms with Crippen molar-refractivity contribution in [2.24, 2.45) is 0 Å². The number of hydrogen-bond donors (Lipinski definition) is 1. The number of carbonyl (C=O) groups excluding carboxylic acids is 1. The van der Waals surface area contributed by atoms with Crippen molar-refractivity contribution in [3.63, 3.8) is 0 Å². The standard InChI is InChI=1S/C13H13N3OS/c14-13-16-9(7-18-13)6-11(17)10-4-3-8-2-1-5-15-12(8)10/h1-2,5,7,10H,3-4,6H2,(H2,14,16). The second-order valence-corrected chi connectivity index (χ2v) is 5.35. The number of rotatable bonds is 3. The molecule has 3 rings (SSSR count). The summed E-state index contributed by atoms with van der Waals surface area (Å²) in [6.07, 6.45) is 3.92. The lowest BCUT2D eigenvalue weighted by atomic mass is 9.98. The van der Waals surface area contributed by atoms with E-state index in [2.05, 4.69) is 16.0 Å². The average Bonchev–Trinajstić information content (AvgIpc) is 2.95. The first-order valence-electron chi connectivity index (χ1n) is 5.90. The van der Waals surface area contributed by atoms with Crippen molar-refractivity contribution in [1.29, 1.82) is 0 Å². The SMILES string of the molecule is Nc1nc(CC(=O)C2CCc3cccnc32)cs1. The van der Waals surface area contributed by atoms with Gasteiger partial charge in [-0.3, -0.25) is 9.78 Å². The smallest absolute Gasteiger partial charge is 0.180 e. The zero-order valence-corrected chi connectivity index (χ0v) is 10.6. The van der Waals surface area contributed by atoms with Gasteiger partial charge in [0.05, 0.1) is 23.7 Å². The van der Waals surface area contributed by atoms with Gasteiger partial charge in [0.25, 0.3) is 0 Å². The molecular formula is C13H13N3OS. The Hall–Kier alpha value is -1.75. The highest BCUT2D eigenvalue weighted by atomic mass is 32.1. The Kier molecular flexibility index (Phi) is 2.83.